The van der Waals surface area contributed by atoms with Crippen LogP contribution in [-0.2, 0) is 19.2 Å². The van der Waals surface area contributed by atoms with Crippen LogP contribution in [0.1, 0.15) is 38.5 Å². The Hall–Kier alpha value is -1.91. The fraction of sp³-hybridized carbons (Fsp3) is 0.462. The molecule has 5 nitrogen and oxygen atoms in total. The van der Waals surface area contributed by atoms with Gasteiger partial charge in [0.15, 0.2) is 0 Å². The van der Waals surface area contributed by atoms with Crippen LogP contribution in [0.5, 0.6) is 0 Å². The SMILES string of the molecule is O=C(CCC1=CC=CCC1)ON1C(=O)CCC1=O. The van der Waals surface area contributed by atoms with E-state index in [1.807, 2.05) is 12.2 Å². The van der Waals surface area contributed by atoms with Crippen molar-refractivity contribution in [1.82, 2.24) is 5.06 Å². The Morgan fingerprint density at radius 2 is 1.94 bits per heavy atom. The number of hydrogen-bond acceptors (Lipinski definition) is 4. The first kappa shape index (κ1) is 12.5. The standard InChI is InChI=1S/C13H15NO4/c15-11-7-8-12(16)14(11)18-13(17)9-6-10-4-2-1-3-5-10/h1-2,4H,3,5-9H2. The van der Waals surface area contributed by atoms with Crippen LogP contribution in [0.4, 0.5) is 0 Å². The molecule has 0 N–H and O–H groups in total. The molecule has 2 rings (SSSR count). The molecule has 1 heterocycles. The Bertz CT molecular complexity index is 420. The summed E-state index contributed by atoms with van der Waals surface area (Å²) >= 11 is 0. The monoisotopic (exact) mass is 249 g/mol. The largest absolute Gasteiger partial charge is 0.333 e. The smallest absolute Gasteiger partial charge is 0.330 e. The van der Waals surface area contributed by atoms with E-state index in [2.05, 4.69) is 6.08 Å². The zero-order valence-corrected chi connectivity index (χ0v) is 10.1. The van der Waals surface area contributed by atoms with E-state index in [1.165, 1.54) is 5.57 Å². The van der Waals surface area contributed by atoms with Gasteiger partial charge >= 0.3 is 5.97 Å². The first-order valence-corrected chi connectivity index (χ1v) is 6.08. The number of imide groups is 1. The summed E-state index contributed by atoms with van der Waals surface area (Å²) in [5.41, 5.74) is 1.19. The number of carbonyl (C=O) groups excluding carboxylic acids is 3. The molecule has 1 saturated heterocycles. The Balaban J connectivity index is 1.78. The summed E-state index contributed by atoms with van der Waals surface area (Å²) in [6, 6.07) is 0. The van der Waals surface area contributed by atoms with E-state index in [0.29, 0.717) is 11.5 Å². The van der Waals surface area contributed by atoms with E-state index in [1.54, 1.807) is 0 Å². The minimum absolute atomic E-state index is 0.127. The van der Waals surface area contributed by atoms with Crippen molar-refractivity contribution in [2.45, 2.75) is 38.5 Å². The lowest BCUT2D eigenvalue weighted by Crippen LogP contribution is -2.32. The number of carbonyl (C=O) groups is 3. The lowest BCUT2D eigenvalue weighted by molar-refractivity contribution is -0.197. The third-order valence-electron chi connectivity index (χ3n) is 2.95. The lowest BCUT2D eigenvalue weighted by atomic mass is 10.0. The molecule has 5 heteroatoms. The molecule has 2 amide bonds. The molecule has 0 radical (unpaired) electrons. The van der Waals surface area contributed by atoms with Crippen LogP contribution in [0.2, 0.25) is 0 Å². The van der Waals surface area contributed by atoms with Crippen molar-refractivity contribution in [3.63, 3.8) is 0 Å². The maximum Gasteiger partial charge on any atom is 0.333 e. The van der Waals surface area contributed by atoms with Crippen LogP contribution in [0.3, 0.4) is 0 Å². The van der Waals surface area contributed by atoms with Crippen LogP contribution < -0.4 is 0 Å². The molecule has 0 atom stereocenters. The van der Waals surface area contributed by atoms with E-state index in [-0.39, 0.29) is 19.3 Å². The fourth-order valence-electron chi connectivity index (χ4n) is 1.93. The highest BCUT2D eigenvalue weighted by Gasteiger charge is 2.32. The quantitative estimate of drug-likeness (QED) is 0.711. The number of amides is 2. The van der Waals surface area contributed by atoms with Gasteiger partial charge in [0, 0.05) is 12.8 Å². The van der Waals surface area contributed by atoms with Crippen LogP contribution >= 0.6 is 0 Å². The van der Waals surface area contributed by atoms with Crippen molar-refractivity contribution < 1.29 is 19.2 Å². The Labute approximate surface area is 105 Å². The highest BCUT2D eigenvalue weighted by molar-refractivity contribution is 6.01. The van der Waals surface area contributed by atoms with Crippen molar-refractivity contribution in [1.29, 1.82) is 0 Å². The van der Waals surface area contributed by atoms with Crippen molar-refractivity contribution in [2.24, 2.45) is 0 Å². The molecule has 1 aliphatic carbocycles. The minimum Gasteiger partial charge on any atom is -0.330 e. The predicted octanol–water partition coefficient (Wildman–Crippen LogP) is 1.65. The molecular formula is C13H15NO4. The summed E-state index contributed by atoms with van der Waals surface area (Å²) < 4.78 is 0. The van der Waals surface area contributed by atoms with Gasteiger partial charge in [-0.05, 0) is 19.3 Å². The van der Waals surface area contributed by atoms with Crippen LogP contribution in [-0.4, -0.2) is 22.8 Å². The molecule has 0 aromatic rings. The number of hydroxylamine groups is 2. The second-order valence-electron chi connectivity index (χ2n) is 4.34. The predicted molar refractivity (Wildman–Crippen MR) is 62.9 cm³/mol. The first-order chi connectivity index (χ1) is 8.66. The summed E-state index contributed by atoms with van der Waals surface area (Å²) in [6.07, 6.45) is 9.03. The van der Waals surface area contributed by atoms with Crippen molar-refractivity contribution in [2.75, 3.05) is 0 Å². The highest BCUT2D eigenvalue weighted by atomic mass is 16.7. The number of rotatable bonds is 4. The highest BCUT2D eigenvalue weighted by Crippen LogP contribution is 2.18. The van der Waals surface area contributed by atoms with Gasteiger partial charge < -0.3 is 4.84 Å². The van der Waals surface area contributed by atoms with Gasteiger partial charge in [0.05, 0.1) is 6.42 Å². The molecule has 2 aliphatic rings. The topological polar surface area (TPSA) is 63.7 Å². The molecule has 1 fully saturated rings. The van der Waals surface area contributed by atoms with E-state index in [9.17, 15) is 14.4 Å². The Morgan fingerprint density at radius 3 is 2.56 bits per heavy atom. The first-order valence-electron chi connectivity index (χ1n) is 6.08. The second-order valence-corrected chi connectivity index (χ2v) is 4.34. The van der Waals surface area contributed by atoms with Crippen molar-refractivity contribution in [3.05, 3.63) is 23.8 Å². The molecule has 0 aromatic carbocycles. The number of hydrogen-bond donors (Lipinski definition) is 0. The lowest BCUT2D eigenvalue weighted by Gasteiger charge is -2.13. The van der Waals surface area contributed by atoms with Gasteiger partial charge in [-0.15, -0.1) is 5.06 Å². The van der Waals surface area contributed by atoms with E-state index in [0.717, 1.165) is 12.8 Å². The number of nitrogens with zero attached hydrogens (tertiary/aromatic N) is 1. The van der Waals surface area contributed by atoms with Crippen molar-refractivity contribution >= 4 is 17.8 Å². The maximum absolute atomic E-state index is 11.5. The zero-order chi connectivity index (χ0) is 13.0. The molecule has 0 unspecified atom stereocenters. The van der Waals surface area contributed by atoms with Gasteiger partial charge in [-0.25, -0.2) is 4.79 Å². The molecule has 1 aliphatic heterocycles. The van der Waals surface area contributed by atoms with Gasteiger partial charge in [0.25, 0.3) is 11.8 Å². The molecule has 18 heavy (non-hydrogen) atoms. The molecule has 96 valence electrons. The van der Waals surface area contributed by atoms with Gasteiger partial charge in [0.1, 0.15) is 0 Å². The summed E-state index contributed by atoms with van der Waals surface area (Å²) in [6.45, 7) is 0. The van der Waals surface area contributed by atoms with E-state index in [4.69, 9.17) is 4.84 Å². The molecule has 0 bridgehead atoms. The third kappa shape index (κ3) is 3.06. The second kappa shape index (κ2) is 5.62. The van der Waals surface area contributed by atoms with Crippen molar-refractivity contribution in [3.8, 4) is 0 Å². The Morgan fingerprint density at radius 1 is 1.22 bits per heavy atom. The van der Waals surface area contributed by atoms with Crippen LogP contribution in [0, 0.1) is 0 Å². The van der Waals surface area contributed by atoms with E-state index >= 15 is 0 Å². The molecular weight excluding hydrogens is 234 g/mol. The maximum atomic E-state index is 11.5. The molecule has 0 saturated carbocycles. The number of allylic oxidation sites excluding steroid dienone is 4. The average molecular weight is 249 g/mol. The van der Waals surface area contributed by atoms with Gasteiger partial charge in [-0.2, -0.15) is 0 Å². The Kier molecular flexibility index (Phi) is 3.92. The fourth-order valence-corrected chi connectivity index (χ4v) is 1.93. The van der Waals surface area contributed by atoms with Gasteiger partial charge in [0.2, 0.25) is 0 Å². The minimum atomic E-state index is -0.533. The summed E-state index contributed by atoms with van der Waals surface area (Å²) in [5.74, 6) is -1.41. The average Bonchev–Trinajstić information content (AvgIpc) is 2.69. The molecule has 0 spiro atoms. The van der Waals surface area contributed by atoms with Crippen LogP contribution in [0.25, 0.3) is 0 Å². The van der Waals surface area contributed by atoms with Crippen LogP contribution in [0.15, 0.2) is 23.8 Å². The van der Waals surface area contributed by atoms with Gasteiger partial charge in [-0.1, -0.05) is 23.8 Å². The van der Waals surface area contributed by atoms with Gasteiger partial charge in [-0.3, -0.25) is 9.59 Å². The van der Waals surface area contributed by atoms with E-state index < -0.39 is 17.8 Å². The normalized spacial score (nSPS) is 19.1. The zero-order valence-electron chi connectivity index (χ0n) is 10.1. The summed E-state index contributed by atoms with van der Waals surface area (Å²) in [7, 11) is 0. The summed E-state index contributed by atoms with van der Waals surface area (Å²) in [4.78, 5) is 38.8. The third-order valence-corrected chi connectivity index (χ3v) is 2.95. The molecule has 0 aromatic heterocycles. The summed E-state index contributed by atoms with van der Waals surface area (Å²) in [5, 5.41) is 0.595.